The topological polar surface area (TPSA) is 94.0 Å². The second-order valence-electron chi connectivity index (χ2n) is 14.2. The number of nitrogens with zero attached hydrogens (tertiary/aromatic N) is 4. The minimum atomic E-state index is -4.58. The molecule has 0 radical (unpaired) electrons. The predicted octanol–water partition coefficient (Wildman–Crippen LogP) is 6.11. The van der Waals surface area contributed by atoms with Crippen molar-refractivity contribution in [2.75, 3.05) is 32.8 Å². The summed E-state index contributed by atoms with van der Waals surface area (Å²) in [5.74, 6) is -1.77. The van der Waals surface area contributed by atoms with Gasteiger partial charge in [-0.25, -0.2) is 4.79 Å². The lowest BCUT2D eigenvalue weighted by Gasteiger charge is -2.51. The van der Waals surface area contributed by atoms with Gasteiger partial charge in [0.15, 0.2) is 0 Å². The number of alkyl halides is 3. The Hall–Kier alpha value is -3.71. The first-order valence-electron chi connectivity index (χ1n) is 15.9. The summed E-state index contributed by atoms with van der Waals surface area (Å²) in [4.78, 5) is 42.6. The van der Waals surface area contributed by atoms with E-state index in [2.05, 4.69) is 21.0 Å². The normalized spacial score (nSPS) is 19.7. The zero-order valence-electron chi connectivity index (χ0n) is 27.1. The summed E-state index contributed by atoms with van der Waals surface area (Å²) >= 11 is 3.46. The SMILES string of the molecule is CC(C)(C)OC(=O)c1ccccc1Cn1cc(C(=O)N2CC(COCc3cccc(Br)c3)C3(C2)CN(C(=O)C2(C(F)(F)F)CC2)C3)cn1. The van der Waals surface area contributed by atoms with Gasteiger partial charge in [-0.3, -0.25) is 14.3 Å². The van der Waals surface area contributed by atoms with E-state index >= 15 is 0 Å². The number of ether oxygens (including phenoxy) is 2. The number of hydrogen-bond acceptors (Lipinski definition) is 6. The summed E-state index contributed by atoms with van der Waals surface area (Å²) in [6.07, 6.45) is -1.86. The van der Waals surface area contributed by atoms with Gasteiger partial charge in [0.25, 0.3) is 5.91 Å². The van der Waals surface area contributed by atoms with Crippen molar-refractivity contribution in [3.05, 3.63) is 87.7 Å². The summed E-state index contributed by atoms with van der Waals surface area (Å²) in [7, 11) is 0. The molecule has 1 atom stereocenters. The molecule has 256 valence electrons. The van der Waals surface area contributed by atoms with Gasteiger partial charge >= 0.3 is 12.1 Å². The molecular formula is C35H38BrF3N4O5. The van der Waals surface area contributed by atoms with Crippen LogP contribution in [0.4, 0.5) is 13.2 Å². The number of carbonyl (C=O) groups excluding carboxylic acids is 3. The molecule has 0 bridgehead atoms. The molecule has 1 saturated carbocycles. The van der Waals surface area contributed by atoms with Crippen molar-refractivity contribution in [3.8, 4) is 0 Å². The Balaban J connectivity index is 1.15. The molecule has 3 fully saturated rings. The van der Waals surface area contributed by atoms with E-state index in [0.717, 1.165) is 10.0 Å². The lowest BCUT2D eigenvalue weighted by atomic mass is 9.71. The molecule has 3 heterocycles. The molecule has 1 spiro atoms. The molecule has 1 aromatic heterocycles. The van der Waals surface area contributed by atoms with E-state index in [4.69, 9.17) is 9.47 Å². The Morgan fingerprint density at radius 2 is 1.71 bits per heavy atom. The monoisotopic (exact) mass is 730 g/mol. The molecular weight excluding hydrogens is 693 g/mol. The molecule has 3 aromatic rings. The lowest BCUT2D eigenvalue weighted by molar-refractivity contribution is -0.205. The molecule has 1 unspecified atom stereocenters. The summed E-state index contributed by atoms with van der Waals surface area (Å²) in [6, 6.07) is 14.8. The van der Waals surface area contributed by atoms with Crippen LogP contribution in [-0.2, 0) is 27.4 Å². The van der Waals surface area contributed by atoms with E-state index in [-0.39, 0.29) is 57.5 Å². The highest BCUT2D eigenvalue weighted by molar-refractivity contribution is 9.10. The molecule has 0 N–H and O–H groups in total. The Morgan fingerprint density at radius 1 is 1.00 bits per heavy atom. The maximum atomic E-state index is 13.8. The van der Waals surface area contributed by atoms with Crippen molar-refractivity contribution in [2.24, 2.45) is 16.7 Å². The molecule has 2 aliphatic heterocycles. The molecule has 2 aromatic carbocycles. The van der Waals surface area contributed by atoms with Crippen LogP contribution < -0.4 is 0 Å². The van der Waals surface area contributed by atoms with Gasteiger partial charge < -0.3 is 19.3 Å². The van der Waals surface area contributed by atoms with Crippen molar-refractivity contribution in [1.29, 1.82) is 0 Å². The van der Waals surface area contributed by atoms with E-state index < -0.39 is 34.5 Å². The van der Waals surface area contributed by atoms with Crippen molar-refractivity contribution >= 4 is 33.7 Å². The Bertz CT molecular complexity index is 1710. The van der Waals surface area contributed by atoms with Crippen LogP contribution in [0, 0.1) is 16.7 Å². The summed E-state index contributed by atoms with van der Waals surface area (Å²) in [5.41, 5.74) is -1.12. The van der Waals surface area contributed by atoms with E-state index in [0.29, 0.717) is 29.8 Å². The highest BCUT2D eigenvalue weighted by atomic mass is 79.9. The third-order valence-corrected chi connectivity index (χ3v) is 9.92. The first kappa shape index (κ1) is 34.2. The van der Waals surface area contributed by atoms with Crippen LogP contribution in [0.1, 0.15) is 65.5 Å². The van der Waals surface area contributed by atoms with E-state index in [9.17, 15) is 27.6 Å². The number of esters is 1. The van der Waals surface area contributed by atoms with Crippen molar-refractivity contribution in [3.63, 3.8) is 0 Å². The summed E-state index contributed by atoms with van der Waals surface area (Å²) in [6.45, 7) is 7.13. The van der Waals surface area contributed by atoms with Crippen molar-refractivity contribution < 1.29 is 37.0 Å². The van der Waals surface area contributed by atoms with Gasteiger partial charge in [-0.15, -0.1) is 0 Å². The molecule has 1 aliphatic carbocycles. The highest BCUT2D eigenvalue weighted by Gasteiger charge is 2.71. The zero-order valence-corrected chi connectivity index (χ0v) is 28.6. The van der Waals surface area contributed by atoms with Gasteiger partial charge in [-0.2, -0.15) is 18.3 Å². The Labute approximate surface area is 285 Å². The smallest absolute Gasteiger partial charge is 0.403 e. The Morgan fingerprint density at radius 3 is 2.38 bits per heavy atom. The number of rotatable bonds is 9. The van der Waals surface area contributed by atoms with Crippen LogP contribution in [0.15, 0.2) is 65.4 Å². The maximum Gasteiger partial charge on any atom is 0.403 e. The maximum absolute atomic E-state index is 13.8. The average molecular weight is 732 g/mol. The van der Waals surface area contributed by atoms with Gasteiger partial charge in [0.2, 0.25) is 5.91 Å². The molecule has 2 amide bonds. The first-order chi connectivity index (χ1) is 22.6. The minimum absolute atomic E-state index is 0.138. The number of halogens is 4. The third-order valence-electron chi connectivity index (χ3n) is 9.43. The van der Waals surface area contributed by atoms with Gasteiger partial charge in [0.05, 0.1) is 37.1 Å². The molecule has 3 aliphatic rings. The van der Waals surface area contributed by atoms with Crippen LogP contribution in [0.5, 0.6) is 0 Å². The molecule has 6 rings (SSSR count). The molecule has 9 nitrogen and oxygen atoms in total. The standard InChI is InChI=1S/C35H38BrF3N4O5/c1-32(2,3)48-30(45)28-10-5-4-8-24(28)15-43-16-25(14-40-43)29(44)41-17-26(19-47-18-23-7-6-9-27(36)13-23)33(20-41)21-42(22-33)31(46)34(11-12-34)35(37,38)39/h4-10,13-14,16,26H,11-12,15,17-22H2,1-3H3. The number of aromatic nitrogens is 2. The van der Waals surface area contributed by atoms with Crippen LogP contribution in [0.25, 0.3) is 0 Å². The van der Waals surface area contributed by atoms with Crippen LogP contribution in [0.3, 0.4) is 0 Å². The number of carbonyl (C=O) groups is 3. The predicted molar refractivity (Wildman–Crippen MR) is 173 cm³/mol. The molecule has 2 saturated heterocycles. The molecule has 13 heteroatoms. The van der Waals surface area contributed by atoms with Crippen molar-refractivity contribution in [1.82, 2.24) is 19.6 Å². The third kappa shape index (κ3) is 6.89. The fraction of sp³-hybridized carbons (Fsp3) is 0.486. The number of likely N-dealkylation sites (tertiary alicyclic amines) is 2. The van der Waals surface area contributed by atoms with Crippen LogP contribution in [0.2, 0.25) is 0 Å². The quantitative estimate of drug-likeness (QED) is 0.247. The van der Waals surface area contributed by atoms with Gasteiger partial charge in [0, 0.05) is 48.2 Å². The van der Waals surface area contributed by atoms with Crippen LogP contribution >= 0.6 is 15.9 Å². The van der Waals surface area contributed by atoms with Crippen molar-refractivity contribution in [2.45, 2.75) is 58.5 Å². The van der Waals surface area contributed by atoms with E-state index in [1.54, 1.807) is 54.7 Å². The fourth-order valence-corrected chi connectivity index (χ4v) is 7.18. The van der Waals surface area contributed by atoms with Crippen LogP contribution in [-0.4, -0.2) is 81.9 Å². The minimum Gasteiger partial charge on any atom is -0.456 e. The summed E-state index contributed by atoms with van der Waals surface area (Å²) < 4.78 is 55.3. The average Bonchev–Trinajstić information content (AvgIpc) is 3.56. The van der Waals surface area contributed by atoms with Gasteiger partial charge in [-0.1, -0.05) is 46.3 Å². The second kappa shape index (κ2) is 12.6. The lowest BCUT2D eigenvalue weighted by Crippen LogP contribution is -2.65. The number of benzene rings is 2. The number of amides is 2. The zero-order chi connectivity index (χ0) is 34.5. The summed E-state index contributed by atoms with van der Waals surface area (Å²) in [5, 5.41) is 4.38. The molecule has 48 heavy (non-hydrogen) atoms. The Kier molecular flexibility index (Phi) is 8.99. The number of hydrogen-bond donors (Lipinski definition) is 0. The largest absolute Gasteiger partial charge is 0.456 e. The second-order valence-corrected chi connectivity index (χ2v) is 15.1. The van der Waals surface area contributed by atoms with Gasteiger partial charge in [0.1, 0.15) is 11.0 Å². The van der Waals surface area contributed by atoms with E-state index in [1.165, 1.54) is 11.1 Å². The fourth-order valence-electron chi connectivity index (χ4n) is 6.73. The highest BCUT2D eigenvalue weighted by Crippen LogP contribution is 2.60. The first-order valence-corrected chi connectivity index (χ1v) is 16.7. The van der Waals surface area contributed by atoms with Gasteiger partial charge in [-0.05, 0) is 62.9 Å². The van der Waals surface area contributed by atoms with E-state index in [1.807, 2.05) is 30.3 Å².